The van der Waals surface area contributed by atoms with E-state index in [4.69, 9.17) is 4.74 Å². The molecule has 2 unspecified atom stereocenters. The van der Waals surface area contributed by atoms with Crippen LogP contribution in [0.5, 0.6) is 0 Å². The van der Waals surface area contributed by atoms with Gasteiger partial charge in [-0.1, -0.05) is 12.1 Å². The average Bonchev–Trinajstić information content (AvgIpc) is 2.98. The van der Waals surface area contributed by atoms with Crippen LogP contribution in [0.3, 0.4) is 0 Å². The highest BCUT2D eigenvalue weighted by Crippen LogP contribution is 2.38. The Bertz CT molecular complexity index is 745. The van der Waals surface area contributed by atoms with Gasteiger partial charge in [0.2, 0.25) is 0 Å². The summed E-state index contributed by atoms with van der Waals surface area (Å²) in [5.41, 5.74) is 0.102. The maximum atomic E-state index is 13.9. The van der Waals surface area contributed by atoms with E-state index in [1.165, 1.54) is 12.1 Å². The third-order valence-electron chi connectivity index (χ3n) is 6.61. The van der Waals surface area contributed by atoms with Gasteiger partial charge in [-0.05, 0) is 64.1 Å². The van der Waals surface area contributed by atoms with E-state index < -0.39 is 5.82 Å². The lowest BCUT2D eigenvalue weighted by molar-refractivity contribution is 0.0309. The Hall–Kier alpha value is -2.15. The van der Waals surface area contributed by atoms with Crippen LogP contribution in [0.25, 0.3) is 0 Å². The van der Waals surface area contributed by atoms with Crippen LogP contribution in [0.15, 0.2) is 24.3 Å². The number of hydrogen-bond donors (Lipinski definition) is 1. The first-order chi connectivity index (χ1) is 14.1. The van der Waals surface area contributed by atoms with Gasteiger partial charge in [0.05, 0.1) is 12.2 Å². The molecule has 0 spiro atoms. The summed E-state index contributed by atoms with van der Waals surface area (Å²) in [5, 5.41) is 3.02. The van der Waals surface area contributed by atoms with Gasteiger partial charge in [-0.2, -0.15) is 0 Å². The molecule has 3 saturated heterocycles. The summed E-state index contributed by atoms with van der Waals surface area (Å²) in [4.78, 5) is 29.2. The van der Waals surface area contributed by atoms with Crippen molar-refractivity contribution < 1.29 is 18.7 Å². The van der Waals surface area contributed by atoms with E-state index in [1.54, 1.807) is 12.1 Å². The molecule has 0 aromatic heterocycles. The number of nitrogens with zero attached hydrogens (tertiary/aromatic N) is 2. The number of carbonyl (C=O) groups excluding carboxylic acids is 2. The number of fused-ring (bicyclic) bond motifs is 2. The van der Waals surface area contributed by atoms with Gasteiger partial charge in [-0.25, -0.2) is 9.18 Å². The summed E-state index contributed by atoms with van der Waals surface area (Å²) in [7, 11) is 0. The molecule has 0 saturated carbocycles. The molecule has 6 nitrogen and oxygen atoms in total. The number of halogens is 1. The molecule has 3 heterocycles. The summed E-state index contributed by atoms with van der Waals surface area (Å²) in [6, 6.07) is 7.06. The lowest BCUT2D eigenvalue weighted by Crippen LogP contribution is -2.56. The van der Waals surface area contributed by atoms with E-state index in [1.807, 2.05) is 11.8 Å². The van der Waals surface area contributed by atoms with Gasteiger partial charge < -0.3 is 15.0 Å². The number of nitrogens with one attached hydrogen (secondary N) is 1. The molecule has 3 atom stereocenters. The SMILES string of the molecule is CCOC(=O)N1C2CCC1CC(N1CCC[C@@H](NC(=O)c3ccccc3F)C1)C2. The van der Waals surface area contributed by atoms with Crippen molar-refractivity contribution in [3.63, 3.8) is 0 Å². The molecule has 0 radical (unpaired) electrons. The minimum Gasteiger partial charge on any atom is -0.450 e. The van der Waals surface area contributed by atoms with Crippen molar-refractivity contribution >= 4 is 12.0 Å². The molecule has 1 N–H and O–H groups in total. The molecule has 7 heteroatoms. The molecular weight excluding hydrogens is 373 g/mol. The van der Waals surface area contributed by atoms with Crippen LogP contribution in [0.4, 0.5) is 9.18 Å². The monoisotopic (exact) mass is 403 g/mol. The Morgan fingerprint density at radius 3 is 2.55 bits per heavy atom. The Kier molecular flexibility index (Phi) is 6.04. The number of piperidine rings is 2. The van der Waals surface area contributed by atoms with E-state index in [9.17, 15) is 14.0 Å². The standard InChI is InChI=1S/C22H30FN3O3/c1-2-29-22(28)26-16-9-10-17(26)13-18(12-16)25-11-5-6-15(14-25)24-21(27)19-7-3-4-8-20(19)23/h3-4,7-8,15-18H,2,5-6,9-14H2,1H3,(H,24,27)/t15-,16?,17?,18?/m1/s1. The van der Waals surface area contributed by atoms with E-state index in [2.05, 4.69) is 10.2 Å². The first kappa shape index (κ1) is 20.1. The predicted octanol–water partition coefficient (Wildman–Crippen LogP) is 3.17. The number of benzene rings is 1. The van der Waals surface area contributed by atoms with Crippen LogP contribution in [0.2, 0.25) is 0 Å². The van der Waals surface area contributed by atoms with Crippen LogP contribution < -0.4 is 5.32 Å². The number of amides is 2. The Labute approximate surface area is 171 Å². The zero-order valence-corrected chi connectivity index (χ0v) is 17.0. The third-order valence-corrected chi connectivity index (χ3v) is 6.61. The summed E-state index contributed by atoms with van der Waals surface area (Å²) in [6.07, 6.45) is 5.75. The van der Waals surface area contributed by atoms with Gasteiger partial charge >= 0.3 is 6.09 Å². The molecule has 158 valence electrons. The summed E-state index contributed by atoms with van der Waals surface area (Å²) < 4.78 is 19.1. The fourth-order valence-electron chi connectivity index (χ4n) is 5.31. The molecule has 0 aliphatic carbocycles. The number of carbonyl (C=O) groups is 2. The first-order valence-electron chi connectivity index (χ1n) is 10.8. The van der Waals surface area contributed by atoms with Gasteiger partial charge in [-0.3, -0.25) is 9.69 Å². The molecule has 3 aliphatic rings. The number of likely N-dealkylation sites (tertiary alicyclic amines) is 1. The van der Waals surface area contributed by atoms with Gasteiger partial charge in [-0.15, -0.1) is 0 Å². The Balaban J connectivity index is 1.35. The smallest absolute Gasteiger partial charge is 0.410 e. The second-order valence-electron chi connectivity index (χ2n) is 8.40. The molecule has 2 amide bonds. The van der Waals surface area contributed by atoms with Crippen LogP contribution in [-0.4, -0.2) is 65.7 Å². The molecule has 3 aliphatic heterocycles. The molecule has 4 rings (SSSR count). The maximum absolute atomic E-state index is 13.9. The van der Waals surface area contributed by atoms with Crippen molar-refractivity contribution in [3.05, 3.63) is 35.6 Å². The van der Waals surface area contributed by atoms with E-state index in [-0.39, 0.29) is 35.7 Å². The minimum absolute atomic E-state index is 0.0246. The van der Waals surface area contributed by atoms with Gasteiger partial charge in [0.1, 0.15) is 5.82 Å². The molecule has 1 aromatic carbocycles. The highest BCUT2D eigenvalue weighted by molar-refractivity contribution is 5.94. The number of ether oxygens (including phenoxy) is 1. The Morgan fingerprint density at radius 1 is 1.14 bits per heavy atom. The number of rotatable bonds is 4. The lowest BCUT2D eigenvalue weighted by atomic mass is 9.93. The van der Waals surface area contributed by atoms with Crippen LogP contribution in [0.1, 0.15) is 55.8 Å². The van der Waals surface area contributed by atoms with Crippen molar-refractivity contribution in [2.75, 3.05) is 19.7 Å². The fraction of sp³-hybridized carbons (Fsp3) is 0.636. The highest BCUT2D eigenvalue weighted by Gasteiger charge is 2.45. The third kappa shape index (κ3) is 4.25. The first-order valence-corrected chi connectivity index (χ1v) is 10.8. The van der Waals surface area contributed by atoms with Gasteiger partial charge in [0, 0.05) is 30.7 Å². The van der Waals surface area contributed by atoms with Crippen LogP contribution in [-0.2, 0) is 4.74 Å². The molecule has 29 heavy (non-hydrogen) atoms. The zero-order chi connectivity index (χ0) is 20.4. The van der Waals surface area contributed by atoms with Crippen LogP contribution in [0, 0.1) is 5.82 Å². The summed E-state index contributed by atoms with van der Waals surface area (Å²) >= 11 is 0. The lowest BCUT2D eigenvalue weighted by Gasteiger charge is -2.45. The van der Waals surface area contributed by atoms with Crippen molar-refractivity contribution in [1.82, 2.24) is 15.1 Å². The normalized spacial score (nSPS) is 29.5. The average molecular weight is 403 g/mol. The Morgan fingerprint density at radius 2 is 1.86 bits per heavy atom. The van der Waals surface area contributed by atoms with Crippen molar-refractivity contribution in [1.29, 1.82) is 0 Å². The molecule has 2 bridgehead atoms. The minimum atomic E-state index is -0.486. The number of hydrogen-bond acceptors (Lipinski definition) is 4. The second-order valence-corrected chi connectivity index (χ2v) is 8.40. The van der Waals surface area contributed by atoms with Crippen LogP contribution >= 0.6 is 0 Å². The predicted molar refractivity (Wildman–Crippen MR) is 107 cm³/mol. The van der Waals surface area contributed by atoms with Crippen molar-refractivity contribution in [2.45, 2.75) is 69.6 Å². The summed E-state index contributed by atoms with van der Waals surface area (Å²) in [5.74, 6) is -0.826. The van der Waals surface area contributed by atoms with E-state index in [0.717, 1.165) is 51.6 Å². The van der Waals surface area contributed by atoms with E-state index >= 15 is 0 Å². The van der Waals surface area contributed by atoms with Crippen molar-refractivity contribution in [2.24, 2.45) is 0 Å². The summed E-state index contributed by atoms with van der Waals surface area (Å²) in [6.45, 7) is 4.04. The molecule has 1 aromatic rings. The highest BCUT2D eigenvalue weighted by atomic mass is 19.1. The maximum Gasteiger partial charge on any atom is 0.410 e. The largest absolute Gasteiger partial charge is 0.450 e. The van der Waals surface area contributed by atoms with Crippen molar-refractivity contribution in [3.8, 4) is 0 Å². The molecule has 3 fully saturated rings. The molecular formula is C22H30FN3O3. The second kappa shape index (κ2) is 8.69. The van der Waals surface area contributed by atoms with Gasteiger partial charge in [0.25, 0.3) is 5.91 Å². The topological polar surface area (TPSA) is 61.9 Å². The quantitative estimate of drug-likeness (QED) is 0.839. The van der Waals surface area contributed by atoms with E-state index in [0.29, 0.717) is 12.6 Å². The van der Waals surface area contributed by atoms with Gasteiger partial charge in [0.15, 0.2) is 0 Å². The zero-order valence-electron chi connectivity index (χ0n) is 17.0. The fourth-order valence-corrected chi connectivity index (χ4v) is 5.31.